The second-order valence-electron chi connectivity index (χ2n) is 7.65. The Hall–Kier alpha value is -2.36. The number of carboxylic acid groups (broad SMARTS) is 1. The molecule has 0 amide bonds. The second-order valence-corrected chi connectivity index (χ2v) is 7.65. The number of rotatable bonds is 2. The summed E-state index contributed by atoms with van der Waals surface area (Å²) in [5, 5.41) is 13.1. The number of halogens is 1. The van der Waals surface area contributed by atoms with E-state index in [1.54, 1.807) is 12.1 Å². The van der Waals surface area contributed by atoms with Crippen LogP contribution in [-0.2, 0) is 0 Å². The first-order valence-electron chi connectivity index (χ1n) is 9.02. The Morgan fingerprint density at radius 1 is 1.04 bits per heavy atom. The number of nitrogens with one attached hydrogen (secondary N) is 1. The molecule has 25 heavy (non-hydrogen) atoms. The minimum absolute atomic E-state index is 0.158. The largest absolute Gasteiger partial charge is 0.478 e. The van der Waals surface area contributed by atoms with Gasteiger partial charge in [0.2, 0.25) is 0 Å². The first kappa shape index (κ1) is 14.9. The Kier molecular flexibility index (Phi) is 3.18. The van der Waals surface area contributed by atoms with Crippen LogP contribution in [0.25, 0.3) is 0 Å². The predicted molar refractivity (Wildman–Crippen MR) is 93.2 cm³/mol. The lowest BCUT2D eigenvalue weighted by Crippen LogP contribution is -2.36. The van der Waals surface area contributed by atoms with Gasteiger partial charge >= 0.3 is 5.97 Å². The van der Waals surface area contributed by atoms with Gasteiger partial charge in [0, 0.05) is 5.56 Å². The van der Waals surface area contributed by atoms with E-state index in [1.807, 2.05) is 18.2 Å². The van der Waals surface area contributed by atoms with Crippen LogP contribution in [0, 0.1) is 23.6 Å². The minimum atomic E-state index is -0.932. The van der Waals surface area contributed by atoms with Crippen molar-refractivity contribution in [3.8, 4) is 0 Å². The molecular formula is C21H20FNO2. The van der Waals surface area contributed by atoms with E-state index in [2.05, 4.69) is 11.4 Å². The normalized spacial score (nSPS) is 32.0. The SMILES string of the molecule is O=C(O)c1cccc2c1N[C@H](c1ccccc1F)[C@H]1[C@@H]3CC[C@@H](C3)[C@H]21. The van der Waals surface area contributed by atoms with Crippen LogP contribution in [0.3, 0.4) is 0 Å². The molecule has 2 aromatic carbocycles. The van der Waals surface area contributed by atoms with Crippen molar-refractivity contribution in [1.82, 2.24) is 0 Å². The maximum atomic E-state index is 14.6. The van der Waals surface area contributed by atoms with Gasteiger partial charge in [-0.2, -0.15) is 0 Å². The monoisotopic (exact) mass is 337 g/mol. The number of carboxylic acids is 1. The van der Waals surface area contributed by atoms with Crippen LogP contribution in [0.4, 0.5) is 10.1 Å². The van der Waals surface area contributed by atoms with Gasteiger partial charge in [0.25, 0.3) is 0 Å². The standard InChI is InChI=1S/C21H20FNO2/c22-16-7-2-1-4-13(16)20-18-12-9-8-11(10-12)17(18)14-5-3-6-15(21(24)25)19(14)23-20/h1-7,11-12,17-18,20,23H,8-10H2,(H,24,25)/t11-,12+,17+,18-,20+/m0/s1. The van der Waals surface area contributed by atoms with Gasteiger partial charge in [0.15, 0.2) is 0 Å². The van der Waals surface area contributed by atoms with Gasteiger partial charge < -0.3 is 10.4 Å². The maximum Gasteiger partial charge on any atom is 0.337 e. The Balaban J connectivity index is 1.70. The predicted octanol–water partition coefficient (Wildman–Crippen LogP) is 4.82. The van der Waals surface area contributed by atoms with Crippen molar-refractivity contribution in [2.75, 3.05) is 5.32 Å². The average molecular weight is 337 g/mol. The molecule has 0 radical (unpaired) electrons. The summed E-state index contributed by atoms with van der Waals surface area (Å²) in [7, 11) is 0. The summed E-state index contributed by atoms with van der Waals surface area (Å²) in [6, 6.07) is 12.3. The first-order valence-corrected chi connectivity index (χ1v) is 9.02. The fraction of sp³-hybridized carbons (Fsp3) is 0.381. The molecule has 0 unspecified atom stereocenters. The van der Waals surface area contributed by atoms with Crippen molar-refractivity contribution in [1.29, 1.82) is 0 Å². The maximum absolute atomic E-state index is 14.6. The Morgan fingerprint density at radius 3 is 2.60 bits per heavy atom. The lowest BCUT2D eigenvalue weighted by Gasteiger charge is -2.44. The molecule has 1 heterocycles. The van der Waals surface area contributed by atoms with Gasteiger partial charge in [-0.05, 0) is 60.6 Å². The zero-order chi connectivity index (χ0) is 17.1. The summed E-state index contributed by atoms with van der Waals surface area (Å²) in [4.78, 5) is 11.7. The van der Waals surface area contributed by atoms with E-state index in [1.165, 1.54) is 25.3 Å². The van der Waals surface area contributed by atoms with E-state index < -0.39 is 5.97 Å². The van der Waals surface area contributed by atoms with E-state index >= 15 is 0 Å². The smallest absolute Gasteiger partial charge is 0.337 e. The average Bonchev–Trinajstić information content (AvgIpc) is 3.23. The number of carbonyl (C=O) groups is 1. The van der Waals surface area contributed by atoms with Gasteiger partial charge in [-0.25, -0.2) is 9.18 Å². The van der Waals surface area contributed by atoms with Crippen molar-refractivity contribution < 1.29 is 14.3 Å². The molecule has 2 N–H and O–H groups in total. The van der Waals surface area contributed by atoms with Crippen LogP contribution in [0.2, 0.25) is 0 Å². The molecule has 2 bridgehead atoms. The van der Waals surface area contributed by atoms with E-state index in [0.29, 0.717) is 40.5 Å². The molecule has 3 aliphatic rings. The highest BCUT2D eigenvalue weighted by molar-refractivity contribution is 5.95. The number of benzene rings is 2. The summed E-state index contributed by atoms with van der Waals surface area (Å²) in [6.07, 6.45) is 3.58. The van der Waals surface area contributed by atoms with Crippen molar-refractivity contribution >= 4 is 11.7 Å². The summed E-state index contributed by atoms with van der Waals surface area (Å²) in [5.74, 6) is 0.713. The van der Waals surface area contributed by atoms with Crippen molar-refractivity contribution in [3.05, 3.63) is 65.0 Å². The van der Waals surface area contributed by atoms with Gasteiger partial charge in [0.1, 0.15) is 5.82 Å². The quantitative estimate of drug-likeness (QED) is 0.826. The van der Waals surface area contributed by atoms with Crippen LogP contribution >= 0.6 is 0 Å². The van der Waals surface area contributed by atoms with Crippen LogP contribution < -0.4 is 5.32 Å². The zero-order valence-electron chi connectivity index (χ0n) is 13.8. The highest BCUT2D eigenvalue weighted by Crippen LogP contribution is 2.64. The van der Waals surface area contributed by atoms with Crippen molar-refractivity contribution in [3.63, 3.8) is 0 Å². The molecule has 0 aromatic heterocycles. The highest BCUT2D eigenvalue weighted by Gasteiger charge is 2.54. The Morgan fingerprint density at radius 2 is 1.80 bits per heavy atom. The lowest BCUT2D eigenvalue weighted by atomic mass is 9.67. The van der Waals surface area contributed by atoms with Crippen LogP contribution in [0.1, 0.15) is 52.7 Å². The van der Waals surface area contributed by atoms with E-state index in [4.69, 9.17) is 0 Å². The van der Waals surface area contributed by atoms with Gasteiger partial charge in [-0.15, -0.1) is 0 Å². The molecule has 5 atom stereocenters. The molecule has 2 aromatic rings. The molecule has 2 aliphatic carbocycles. The molecule has 128 valence electrons. The summed E-state index contributed by atoms with van der Waals surface area (Å²) >= 11 is 0. The number of aromatic carboxylic acids is 1. The Bertz CT molecular complexity index is 865. The lowest BCUT2D eigenvalue weighted by molar-refractivity contribution is 0.0697. The number of para-hydroxylation sites is 1. The number of hydrogen-bond acceptors (Lipinski definition) is 2. The zero-order valence-corrected chi connectivity index (χ0v) is 13.8. The van der Waals surface area contributed by atoms with Gasteiger partial charge in [0.05, 0.1) is 17.3 Å². The molecule has 5 rings (SSSR count). The molecule has 2 fully saturated rings. The molecule has 4 heteroatoms. The van der Waals surface area contributed by atoms with Crippen molar-refractivity contribution in [2.24, 2.45) is 17.8 Å². The topological polar surface area (TPSA) is 49.3 Å². The second kappa shape index (κ2) is 5.32. The third kappa shape index (κ3) is 2.06. The summed E-state index contributed by atoms with van der Waals surface area (Å²) < 4.78 is 14.6. The first-order chi connectivity index (χ1) is 12.1. The Labute approximate surface area is 145 Å². The number of fused-ring (bicyclic) bond motifs is 7. The third-order valence-electron chi connectivity index (χ3n) is 6.59. The van der Waals surface area contributed by atoms with Crippen LogP contribution in [0.5, 0.6) is 0 Å². The molecule has 0 saturated heterocycles. The highest BCUT2D eigenvalue weighted by atomic mass is 19.1. The van der Waals surface area contributed by atoms with Crippen molar-refractivity contribution in [2.45, 2.75) is 31.2 Å². The van der Waals surface area contributed by atoms with E-state index in [9.17, 15) is 14.3 Å². The third-order valence-corrected chi connectivity index (χ3v) is 6.59. The molecular weight excluding hydrogens is 317 g/mol. The molecule has 2 saturated carbocycles. The van der Waals surface area contributed by atoms with Gasteiger partial charge in [-0.3, -0.25) is 0 Å². The van der Waals surface area contributed by atoms with E-state index in [-0.39, 0.29) is 11.9 Å². The number of anilines is 1. The van der Waals surface area contributed by atoms with Crippen LogP contribution in [0.15, 0.2) is 42.5 Å². The van der Waals surface area contributed by atoms with Crippen LogP contribution in [-0.4, -0.2) is 11.1 Å². The summed E-state index contributed by atoms with van der Waals surface area (Å²) in [6.45, 7) is 0. The minimum Gasteiger partial charge on any atom is -0.478 e. The number of hydrogen-bond donors (Lipinski definition) is 2. The molecule has 0 spiro atoms. The molecule has 3 nitrogen and oxygen atoms in total. The summed E-state index contributed by atoms with van der Waals surface area (Å²) in [5.41, 5.74) is 2.76. The van der Waals surface area contributed by atoms with E-state index in [0.717, 1.165) is 5.56 Å². The fourth-order valence-electron chi connectivity index (χ4n) is 5.73. The fourth-order valence-corrected chi connectivity index (χ4v) is 5.73. The molecule has 1 aliphatic heterocycles. The van der Waals surface area contributed by atoms with Gasteiger partial charge in [-0.1, -0.05) is 30.3 Å².